The maximum absolute atomic E-state index is 8.40. The lowest BCUT2D eigenvalue weighted by molar-refractivity contribution is 0.418. The summed E-state index contributed by atoms with van der Waals surface area (Å²) in [5.74, 6) is 0.526. The number of nitrogens with one attached hydrogen (secondary N) is 2. The predicted molar refractivity (Wildman–Crippen MR) is 72.6 cm³/mol. The van der Waals surface area contributed by atoms with Gasteiger partial charge in [-0.15, -0.1) is 0 Å². The minimum Gasteiger partial charge on any atom is -0.328 e. The molecular formula is C13H25N5. The molecule has 0 amide bonds. The van der Waals surface area contributed by atoms with Crippen LogP contribution >= 0.6 is 0 Å². The molecule has 0 aromatic carbocycles. The second-order valence-electron chi connectivity index (χ2n) is 4.66. The van der Waals surface area contributed by atoms with E-state index in [1.54, 1.807) is 0 Å². The van der Waals surface area contributed by atoms with Crippen molar-refractivity contribution in [2.45, 2.75) is 38.6 Å². The van der Waals surface area contributed by atoms with Crippen molar-refractivity contribution in [1.82, 2.24) is 10.6 Å². The van der Waals surface area contributed by atoms with Crippen LogP contribution in [0, 0.1) is 28.6 Å². The lowest BCUT2D eigenvalue weighted by Crippen LogP contribution is -2.31. The Bertz CT molecular complexity index is 266. The Kier molecular flexibility index (Phi) is 11.5. The Hall–Kier alpha value is -1.14. The van der Waals surface area contributed by atoms with Gasteiger partial charge in [0.25, 0.3) is 0 Å². The van der Waals surface area contributed by atoms with Gasteiger partial charge in [0.1, 0.15) is 0 Å². The van der Waals surface area contributed by atoms with Crippen molar-refractivity contribution in [3.05, 3.63) is 0 Å². The Morgan fingerprint density at radius 2 is 1.67 bits per heavy atom. The third-order valence-corrected chi connectivity index (χ3v) is 2.72. The number of hydrogen-bond donors (Lipinski definition) is 3. The van der Waals surface area contributed by atoms with Crippen LogP contribution in [0.1, 0.15) is 32.6 Å². The SMILES string of the molecule is CC(CNCCC#N)CC(N)CCNCCC#N. The molecule has 2 atom stereocenters. The summed E-state index contributed by atoms with van der Waals surface area (Å²) in [6, 6.07) is 4.41. The molecule has 0 rings (SSSR count). The summed E-state index contributed by atoms with van der Waals surface area (Å²) in [5, 5.41) is 23.2. The number of rotatable bonds is 11. The van der Waals surface area contributed by atoms with E-state index in [0.717, 1.165) is 39.0 Å². The maximum Gasteiger partial charge on any atom is 0.0635 e. The van der Waals surface area contributed by atoms with E-state index >= 15 is 0 Å². The normalized spacial score (nSPS) is 13.6. The zero-order chi connectivity index (χ0) is 13.6. The summed E-state index contributed by atoms with van der Waals surface area (Å²) in [6.07, 6.45) is 3.03. The number of nitrogens with two attached hydrogens (primary N) is 1. The molecule has 0 aromatic rings. The second-order valence-corrected chi connectivity index (χ2v) is 4.66. The van der Waals surface area contributed by atoms with Crippen molar-refractivity contribution in [1.29, 1.82) is 10.5 Å². The quantitative estimate of drug-likeness (QED) is 0.470. The van der Waals surface area contributed by atoms with E-state index in [-0.39, 0.29) is 6.04 Å². The van der Waals surface area contributed by atoms with Gasteiger partial charge < -0.3 is 16.4 Å². The van der Waals surface area contributed by atoms with E-state index in [0.29, 0.717) is 18.8 Å². The highest BCUT2D eigenvalue weighted by molar-refractivity contribution is 4.73. The first-order chi connectivity index (χ1) is 8.70. The molecule has 0 radical (unpaired) electrons. The standard InChI is InChI=1S/C13H25N5/c1-12(11-18-8-3-6-15)10-13(16)4-9-17-7-2-5-14/h12-13,17-18H,2-4,7-11,16H2,1H3. The summed E-state index contributed by atoms with van der Waals surface area (Å²) < 4.78 is 0. The highest BCUT2D eigenvalue weighted by Gasteiger charge is 2.08. The fourth-order valence-electron chi connectivity index (χ4n) is 1.77. The monoisotopic (exact) mass is 251 g/mol. The van der Waals surface area contributed by atoms with Gasteiger partial charge in [0, 0.05) is 32.0 Å². The predicted octanol–water partition coefficient (Wildman–Crippen LogP) is 0.737. The van der Waals surface area contributed by atoms with Crippen LogP contribution < -0.4 is 16.4 Å². The molecule has 0 heterocycles. The summed E-state index contributed by atoms with van der Waals surface area (Å²) in [4.78, 5) is 0. The van der Waals surface area contributed by atoms with Gasteiger partial charge in [-0.3, -0.25) is 0 Å². The van der Waals surface area contributed by atoms with Gasteiger partial charge in [0.05, 0.1) is 12.1 Å². The van der Waals surface area contributed by atoms with Crippen LogP contribution in [0.5, 0.6) is 0 Å². The molecule has 0 saturated carbocycles. The average molecular weight is 251 g/mol. The maximum atomic E-state index is 8.40. The number of nitrogens with zero attached hydrogens (tertiary/aromatic N) is 2. The molecule has 18 heavy (non-hydrogen) atoms. The van der Waals surface area contributed by atoms with Gasteiger partial charge in [0.2, 0.25) is 0 Å². The van der Waals surface area contributed by atoms with Crippen molar-refractivity contribution in [3.63, 3.8) is 0 Å². The van der Waals surface area contributed by atoms with E-state index < -0.39 is 0 Å². The van der Waals surface area contributed by atoms with Gasteiger partial charge in [0.15, 0.2) is 0 Å². The molecule has 0 spiro atoms. The van der Waals surface area contributed by atoms with Crippen LogP contribution in [0.15, 0.2) is 0 Å². The molecule has 0 saturated heterocycles. The lowest BCUT2D eigenvalue weighted by Gasteiger charge is -2.17. The first-order valence-electron chi connectivity index (χ1n) is 6.61. The molecule has 0 aliphatic heterocycles. The van der Waals surface area contributed by atoms with E-state index in [2.05, 4.69) is 29.7 Å². The van der Waals surface area contributed by atoms with Crippen molar-refractivity contribution < 1.29 is 0 Å². The highest BCUT2D eigenvalue weighted by Crippen LogP contribution is 2.05. The highest BCUT2D eigenvalue weighted by atomic mass is 14.9. The van der Waals surface area contributed by atoms with Gasteiger partial charge in [-0.05, 0) is 31.8 Å². The van der Waals surface area contributed by atoms with Crippen molar-refractivity contribution in [2.24, 2.45) is 11.7 Å². The van der Waals surface area contributed by atoms with Gasteiger partial charge >= 0.3 is 0 Å². The Balaban J connectivity index is 3.41. The van der Waals surface area contributed by atoms with Gasteiger partial charge in [-0.1, -0.05) is 6.92 Å². The molecule has 5 nitrogen and oxygen atoms in total. The summed E-state index contributed by atoms with van der Waals surface area (Å²) in [5.41, 5.74) is 6.03. The van der Waals surface area contributed by atoms with E-state index in [1.165, 1.54) is 0 Å². The molecule has 0 aliphatic carbocycles. The first kappa shape index (κ1) is 16.9. The smallest absolute Gasteiger partial charge is 0.0635 e. The topological polar surface area (TPSA) is 97.7 Å². The van der Waals surface area contributed by atoms with Crippen LogP contribution in [-0.4, -0.2) is 32.2 Å². The largest absolute Gasteiger partial charge is 0.328 e. The van der Waals surface area contributed by atoms with Crippen molar-refractivity contribution >= 4 is 0 Å². The molecule has 102 valence electrons. The third kappa shape index (κ3) is 11.3. The summed E-state index contributed by atoms with van der Waals surface area (Å²) in [7, 11) is 0. The first-order valence-corrected chi connectivity index (χ1v) is 6.61. The Labute approximate surface area is 110 Å². The summed E-state index contributed by atoms with van der Waals surface area (Å²) >= 11 is 0. The molecule has 0 fully saturated rings. The van der Waals surface area contributed by atoms with Crippen molar-refractivity contribution in [3.8, 4) is 12.1 Å². The average Bonchev–Trinajstić information content (AvgIpc) is 2.34. The zero-order valence-corrected chi connectivity index (χ0v) is 11.3. The van der Waals surface area contributed by atoms with Crippen LogP contribution in [-0.2, 0) is 0 Å². The fraction of sp³-hybridized carbons (Fsp3) is 0.846. The molecule has 5 heteroatoms. The minimum atomic E-state index is 0.201. The van der Waals surface area contributed by atoms with E-state index in [4.69, 9.17) is 16.3 Å². The Morgan fingerprint density at radius 3 is 2.28 bits per heavy atom. The zero-order valence-electron chi connectivity index (χ0n) is 11.3. The molecule has 0 aliphatic rings. The van der Waals surface area contributed by atoms with Gasteiger partial charge in [-0.25, -0.2) is 0 Å². The fourth-order valence-corrected chi connectivity index (χ4v) is 1.77. The van der Waals surface area contributed by atoms with Crippen LogP contribution in [0.3, 0.4) is 0 Å². The molecule has 0 aromatic heterocycles. The molecule has 0 bridgehead atoms. The van der Waals surface area contributed by atoms with Crippen LogP contribution in [0.4, 0.5) is 0 Å². The van der Waals surface area contributed by atoms with E-state index in [9.17, 15) is 0 Å². The molecule has 4 N–H and O–H groups in total. The third-order valence-electron chi connectivity index (χ3n) is 2.72. The van der Waals surface area contributed by atoms with Crippen molar-refractivity contribution in [2.75, 3.05) is 26.2 Å². The minimum absolute atomic E-state index is 0.201. The lowest BCUT2D eigenvalue weighted by atomic mass is 10.00. The molecular weight excluding hydrogens is 226 g/mol. The Morgan fingerprint density at radius 1 is 1.06 bits per heavy atom. The number of nitriles is 2. The number of hydrogen-bond acceptors (Lipinski definition) is 5. The van der Waals surface area contributed by atoms with Crippen LogP contribution in [0.25, 0.3) is 0 Å². The molecule has 2 unspecified atom stereocenters. The summed E-state index contributed by atoms with van der Waals surface area (Å²) in [6.45, 7) is 5.46. The van der Waals surface area contributed by atoms with Gasteiger partial charge in [-0.2, -0.15) is 10.5 Å². The van der Waals surface area contributed by atoms with Crippen LogP contribution in [0.2, 0.25) is 0 Å². The van der Waals surface area contributed by atoms with E-state index in [1.807, 2.05) is 0 Å². The second kappa shape index (κ2) is 12.3.